The summed E-state index contributed by atoms with van der Waals surface area (Å²) in [5.41, 5.74) is 3.85. The Balaban J connectivity index is 3.18. The van der Waals surface area contributed by atoms with Crippen LogP contribution in [0.2, 0.25) is 0 Å². The Labute approximate surface area is 104 Å². The molecule has 0 aromatic heterocycles. The maximum atomic E-state index is 8.91. The zero-order chi connectivity index (χ0) is 12.7. The molecule has 0 saturated heterocycles. The molecule has 0 amide bonds. The smallest absolute Gasteiger partial charge is 0.186 e. The Morgan fingerprint density at radius 1 is 1.24 bits per heavy atom. The first kappa shape index (κ1) is 13.8. The SMILES string of the molecule is CCC/C(=C(\C)CC)c1ccccc1OCO. The molecule has 0 fully saturated rings. The van der Waals surface area contributed by atoms with Crippen molar-refractivity contribution in [3.63, 3.8) is 0 Å². The summed E-state index contributed by atoms with van der Waals surface area (Å²) in [6, 6.07) is 7.91. The van der Waals surface area contributed by atoms with Gasteiger partial charge < -0.3 is 9.84 Å². The van der Waals surface area contributed by atoms with Gasteiger partial charge in [0, 0.05) is 5.56 Å². The first-order chi connectivity index (χ1) is 8.24. The standard InChI is InChI=1S/C15H22O2/c1-4-8-13(12(3)5-2)14-9-6-7-10-15(14)17-11-16/h6-7,9-10,16H,4-5,8,11H2,1-3H3/b13-12-. The lowest BCUT2D eigenvalue weighted by Crippen LogP contribution is -1.99. The molecule has 0 spiro atoms. The van der Waals surface area contributed by atoms with Crippen LogP contribution in [-0.2, 0) is 0 Å². The van der Waals surface area contributed by atoms with E-state index in [0.717, 1.165) is 30.6 Å². The van der Waals surface area contributed by atoms with Crippen LogP contribution >= 0.6 is 0 Å². The van der Waals surface area contributed by atoms with Crippen LogP contribution in [0.3, 0.4) is 0 Å². The largest absolute Gasteiger partial charge is 0.467 e. The third-order valence-electron chi connectivity index (χ3n) is 2.98. The first-order valence-corrected chi connectivity index (χ1v) is 6.26. The molecule has 0 atom stereocenters. The second kappa shape index (κ2) is 7.13. The molecule has 2 nitrogen and oxygen atoms in total. The molecule has 1 N–H and O–H groups in total. The van der Waals surface area contributed by atoms with E-state index in [9.17, 15) is 0 Å². The van der Waals surface area contributed by atoms with Crippen LogP contribution in [0.5, 0.6) is 5.75 Å². The van der Waals surface area contributed by atoms with Crippen molar-refractivity contribution in [2.45, 2.75) is 40.0 Å². The third kappa shape index (κ3) is 3.60. The lowest BCUT2D eigenvalue weighted by atomic mass is 9.94. The maximum Gasteiger partial charge on any atom is 0.186 e. The molecule has 2 heteroatoms. The number of benzene rings is 1. The van der Waals surface area contributed by atoms with Crippen molar-refractivity contribution in [1.29, 1.82) is 0 Å². The molecule has 0 bridgehead atoms. The Morgan fingerprint density at radius 2 is 1.94 bits per heavy atom. The van der Waals surface area contributed by atoms with Gasteiger partial charge in [-0.1, -0.05) is 44.0 Å². The summed E-state index contributed by atoms with van der Waals surface area (Å²) in [5.74, 6) is 0.770. The van der Waals surface area contributed by atoms with Gasteiger partial charge in [-0.05, 0) is 31.4 Å². The number of para-hydroxylation sites is 1. The molecular formula is C15H22O2. The van der Waals surface area contributed by atoms with Gasteiger partial charge in [0.2, 0.25) is 0 Å². The number of aliphatic hydroxyl groups excluding tert-OH is 1. The molecule has 1 rings (SSSR count). The summed E-state index contributed by atoms with van der Waals surface area (Å²) in [6.07, 6.45) is 3.20. The quantitative estimate of drug-likeness (QED) is 0.754. The van der Waals surface area contributed by atoms with Crippen molar-refractivity contribution in [1.82, 2.24) is 0 Å². The average molecular weight is 234 g/mol. The van der Waals surface area contributed by atoms with Crippen LogP contribution in [0.1, 0.15) is 45.6 Å². The Hall–Kier alpha value is -1.28. The van der Waals surface area contributed by atoms with Crippen molar-refractivity contribution in [2.75, 3.05) is 6.79 Å². The van der Waals surface area contributed by atoms with Crippen molar-refractivity contribution in [2.24, 2.45) is 0 Å². The molecule has 1 aromatic carbocycles. The van der Waals surface area contributed by atoms with Gasteiger partial charge in [0.15, 0.2) is 6.79 Å². The minimum absolute atomic E-state index is 0.276. The van der Waals surface area contributed by atoms with E-state index in [2.05, 4.69) is 26.8 Å². The monoisotopic (exact) mass is 234 g/mol. The molecule has 0 radical (unpaired) electrons. The lowest BCUT2D eigenvalue weighted by Gasteiger charge is -2.15. The van der Waals surface area contributed by atoms with Gasteiger partial charge in [-0.25, -0.2) is 0 Å². The summed E-state index contributed by atoms with van der Waals surface area (Å²) in [6.45, 7) is 6.24. The van der Waals surface area contributed by atoms with Crippen LogP contribution in [0.25, 0.3) is 5.57 Å². The highest BCUT2D eigenvalue weighted by Crippen LogP contribution is 2.32. The van der Waals surface area contributed by atoms with E-state index >= 15 is 0 Å². The van der Waals surface area contributed by atoms with Crippen LogP contribution in [0.15, 0.2) is 29.8 Å². The number of allylic oxidation sites excluding steroid dienone is 2. The van der Waals surface area contributed by atoms with Crippen molar-refractivity contribution in [3.8, 4) is 5.75 Å². The van der Waals surface area contributed by atoms with Gasteiger partial charge >= 0.3 is 0 Å². The van der Waals surface area contributed by atoms with E-state index < -0.39 is 0 Å². The number of ether oxygens (including phenoxy) is 1. The van der Waals surface area contributed by atoms with E-state index in [1.165, 1.54) is 11.1 Å². The fraction of sp³-hybridized carbons (Fsp3) is 0.467. The fourth-order valence-corrected chi connectivity index (χ4v) is 1.95. The van der Waals surface area contributed by atoms with Crippen LogP contribution in [0.4, 0.5) is 0 Å². The number of hydrogen-bond donors (Lipinski definition) is 1. The van der Waals surface area contributed by atoms with Gasteiger partial charge in [0.05, 0.1) is 0 Å². The summed E-state index contributed by atoms with van der Waals surface area (Å²) in [4.78, 5) is 0. The Morgan fingerprint density at radius 3 is 2.53 bits per heavy atom. The molecule has 0 unspecified atom stereocenters. The summed E-state index contributed by atoms with van der Waals surface area (Å²) < 4.78 is 5.28. The average Bonchev–Trinajstić information content (AvgIpc) is 2.36. The number of aliphatic hydroxyl groups is 1. The van der Waals surface area contributed by atoms with E-state index in [-0.39, 0.29) is 6.79 Å². The predicted molar refractivity (Wildman–Crippen MR) is 71.9 cm³/mol. The molecule has 0 heterocycles. The topological polar surface area (TPSA) is 29.5 Å². The predicted octanol–water partition coefficient (Wildman–Crippen LogP) is 4.00. The molecule has 0 aliphatic rings. The van der Waals surface area contributed by atoms with Crippen LogP contribution in [0, 0.1) is 0 Å². The maximum absolute atomic E-state index is 8.91. The highest BCUT2D eigenvalue weighted by atomic mass is 16.6. The lowest BCUT2D eigenvalue weighted by molar-refractivity contribution is 0.0982. The van der Waals surface area contributed by atoms with E-state index in [1.54, 1.807) is 0 Å². The Kier molecular flexibility index (Phi) is 5.78. The summed E-state index contributed by atoms with van der Waals surface area (Å²) in [7, 11) is 0. The molecule has 0 saturated carbocycles. The van der Waals surface area contributed by atoms with E-state index in [0.29, 0.717) is 0 Å². The molecule has 1 aromatic rings. The van der Waals surface area contributed by atoms with Crippen molar-refractivity contribution in [3.05, 3.63) is 35.4 Å². The van der Waals surface area contributed by atoms with Gasteiger partial charge in [0.25, 0.3) is 0 Å². The molecule has 0 aliphatic carbocycles. The van der Waals surface area contributed by atoms with Crippen molar-refractivity contribution < 1.29 is 9.84 Å². The minimum atomic E-state index is -0.276. The van der Waals surface area contributed by atoms with Crippen molar-refractivity contribution >= 4 is 5.57 Å². The molecule has 0 aliphatic heterocycles. The summed E-state index contributed by atoms with van der Waals surface area (Å²) in [5, 5.41) is 8.91. The zero-order valence-electron chi connectivity index (χ0n) is 11.0. The Bertz CT molecular complexity index is 380. The molecule has 94 valence electrons. The molecular weight excluding hydrogens is 212 g/mol. The normalized spacial score (nSPS) is 12.2. The van der Waals surface area contributed by atoms with E-state index in [4.69, 9.17) is 9.84 Å². The van der Waals surface area contributed by atoms with Crippen LogP contribution in [-0.4, -0.2) is 11.9 Å². The molecule has 17 heavy (non-hydrogen) atoms. The highest BCUT2D eigenvalue weighted by molar-refractivity contribution is 5.72. The first-order valence-electron chi connectivity index (χ1n) is 6.26. The fourth-order valence-electron chi connectivity index (χ4n) is 1.95. The zero-order valence-corrected chi connectivity index (χ0v) is 11.0. The van der Waals surface area contributed by atoms with Crippen LogP contribution < -0.4 is 4.74 Å². The minimum Gasteiger partial charge on any atom is -0.467 e. The second-order valence-corrected chi connectivity index (χ2v) is 4.13. The number of rotatable bonds is 6. The number of hydrogen-bond acceptors (Lipinski definition) is 2. The second-order valence-electron chi connectivity index (χ2n) is 4.13. The van der Waals surface area contributed by atoms with Gasteiger partial charge in [-0.3, -0.25) is 0 Å². The summed E-state index contributed by atoms with van der Waals surface area (Å²) >= 11 is 0. The van der Waals surface area contributed by atoms with Gasteiger partial charge in [-0.2, -0.15) is 0 Å². The van der Waals surface area contributed by atoms with Gasteiger partial charge in [-0.15, -0.1) is 0 Å². The third-order valence-corrected chi connectivity index (χ3v) is 2.98. The highest BCUT2D eigenvalue weighted by Gasteiger charge is 2.10. The van der Waals surface area contributed by atoms with Gasteiger partial charge in [0.1, 0.15) is 5.75 Å². The van der Waals surface area contributed by atoms with E-state index in [1.807, 2.05) is 18.2 Å².